The number of hydrogen-bond acceptors (Lipinski definition) is 2. The minimum Gasteiger partial charge on any atom is -0.376 e. The third kappa shape index (κ3) is 0.891. The lowest BCUT2D eigenvalue weighted by atomic mass is 9.82. The Hall–Kier alpha value is -0.570. The Morgan fingerprint density at radius 2 is 2.17 bits per heavy atom. The molecule has 0 N–H and O–H groups in total. The molecule has 0 aromatic heterocycles. The van der Waals surface area contributed by atoms with Crippen LogP contribution >= 0.6 is 0 Å². The Morgan fingerprint density at radius 3 is 2.42 bits per heavy atom. The van der Waals surface area contributed by atoms with E-state index in [1.165, 1.54) is 0 Å². The molecule has 2 heterocycles. The third-order valence-electron chi connectivity index (χ3n) is 2.87. The van der Waals surface area contributed by atoms with Gasteiger partial charge in [0.25, 0.3) is 0 Å². The SMILES string of the molecule is CC(C)C(=O)N1CCC12COC2. The van der Waals surface area contributed by atoms with Crippen molar-refractivity contribution in [3.05, 3.63) is 0 Å². The normalized spacial score (nSPS) is 25.4. The van der Waals surface area contributed by atoms with Crippen molar-refractivity contribution in [2.75, 3.05) is 19.8 Å². The minimum atomic E-state index is 0.126. The highest BCUT2D eigenvalue weighted by Crippen LogP contribution is 2.37. The van der Waals surface area contributed by atoms with Gasteiger partial charge in [-0.3, -0.25) is 4.79 Å². The topological polar surface area (TPSA) is 29.5 Å². The Morgan fingerprint density at radius 1 is 1.50 bits per heavy atom. The van der Waals surface area contributed by atoms with Crippen molar-refractivity contribution in [3.8, 4) is 0 Å². The molecule has 0 unspecified atom stereocenters. The highest BCUT2D eigenvalue weighted by atomic mass is 16.5. The standard InChI is InChI=1S/C9H15NO2/c1-7(2)8(11)10-4-3-9(10)5-12-6-9/h7H,3-6H2,1-2H3. The first-order valence-corrected chi connectivity index (χ1v) is 4.55. The lowest BCUT2D eigenvalue weighted by Gasteiger charge is -2.58. The van der Waals surface area contributed by atoms with Gasteiger partial charge in [-0.25, -0.2) is 0 Å². The van der Waals surface area contributed by atoms with E-state index in [9.17, 15) is 4.79 Å². The average Bonchev–Trinajstić information content (AvgIpc) is 1.81. The predicted molar refractivity (Wildman–Crippen MR) is 44.7 cm³/mol. The number of nitrogens with zero attached hydrogens (tertiary/aromatic N) is 1. The summed E-state index contributed by atoms with van der Waals surface area (Å²) in [6.45, 7) is 6.35. The first-order chi connectivity index (χ1) is 5.66. The molecule has 0 radical (unpaired) electrons. The van der Waals surface area contributed by atoms with Crippen molar-refractivity contribution >= 4 is 5.91 Å². The number of hydrogen-bond donors (Lipinski definition) is 0. The van der Waals surface area contributed by atoms with Gasteiger partial charge in [-0.1, -0.05) is 13.8 Å². The van der Waals surface area contributed by atoms with Gasteiger partial charge in [-0.15, -0.1) is 0 Å². The van der Waals surface area contributed by atoms with Crippen LogP contribution in [0.5, 0.6) is 0 Å². The Bertz CT molecular complexity index is 203. The maximum Gasteiger partial charge on any atom is 0.225 e. The second-order valence-corrected chi connectivity index (χ2v) is 4.11. The van der Waals surface area contributed by atoms with E-state index < -0.39 is 0 Å². The maximum atomic E-state index is 11.6. The van der Waals surface area contributed by atoms with Gasteiger partial charge in [-0.2, -0.15) is 0 Å². The van der Waals surface area contributed by atoms with Crippen LogP contribution in [0.4, 0.5) is 0 Å². The van der Waals surface area contributed by atoms with Crippen molar-refractivity contribution in [3.63, 3.8) is 0 Å². The zero-order valence-electron chi connectivity index (χ0n) is 7.67. The first kappa shape index (κ1) is 8.05. The van der Waals surface area contributed by atoms with Crippen molar-refractivity contribution in [2.45, 2.75) is 25.8 Å². The highest BCUT2D eigenvalue weighted by Gasteiger charge is 2.53. The van der Waals surface area contributed by atoms with Crippen LogP contribution < -0.4 is 0 Å². The fourth-order valence-electron chi connectivity index (χ4n) is 1.83. The van der Waals surface area contributed by atoms with E-state index in [-0.39, 0.29) is 17.4 Å². The molecule has 2 saturated heterocycles. The van der Waals surface area contributed by atoms with Gasteiger partial charge in [0.05, 0.1) is 18.8 Å². The van der Waals surface area contributed by atoms with E-state index >= 15 is 0 Å². The second-order valence-electron chi connectivity index (χ2n) is 4.11. The molecule has 3 nitrogen and oxygen atoms in total. The molecular weight excluding hydrogens is 154 g/mol. The summed E-state index contributed by atoms with van der Waals surface area (Å²) >= 11 is 0. The van der Waals surface area contributed by atoms with Gasteiger partial charge in [0, 0.05) is 12.5 Å². The van der Waals surface area contributed by atoms with E-state index in [0.717, 1.165) is 26.2 Å². The van der Waals surface area contributed by atoms with Crippen molar-refractivity contribution in [1.29, 1.82) is 0 Å². The lowest BCUT2D eigenvalue weighted by Crippen LogP contribution is -2.72. The molecule has 0 saturated carbocycles. The molecule has 0 bridgehead atoms. The van der Waals surface area contributed by atoms with Gasteiger partial charge in [0.15, 0.2) is 0 Å². The summed E-state index contributed by atoms with van der Waals surface area (Å²) in [4.78, 5) is 13.6. The summed E-state index contributed by atoms with van der Waals surface area (Å²) in [5.74, 6) is 0.410. The molecule has 68 valence electrons. The van der Waals surface area contributed by atoms with E-state index in [1.807, 2.05) is 18.7 Å². The molecule has 0 atom stereocenters. The van der Waals surface area contributed by atoms with Crippen molar-refractivity contribution in [1.82, 2.24) is 4.90 Å². The van der Waals surface area contributed by atoms with Gasteiger partial charge in [0.2, 0.25) is 5.91 Å². The summed E-state index contributed by atoms with van der Waals surface area (Å²) in [6.07, 6.45) is 1.13. The summed E-state index contributed by atoms with van der Waals surface area (Å²) in [5.41, 5.74) is 0.126. The van der Waals surface area contributed by atoms with Crippen LogP contribution in [0.2, 0.25) is 0 Å². The summed E-state index contributed by atoms with van der Waals surface area (Å²) in [6, 6.07) is 0. The zero-order chi connectivity index (χ0) is 8.77. The van der Waals surface area contributed by atoms with E-state index in [1.54, 1.807) is 0 Å². The maximum absolute atomic E-state index is 11.6. The molecule has 12 heavy (non-hydrogen) atoms. The molecule has 0 aromatic carbocycles. The van der Waals surface area contributed by atoms with Crippen LogP contribution in [0.3, 0.4) is 0 Å². The fourth-order valence-corrected chi connectivity index (χ4v) is 1.83. The molecule has 2 aliphatic heterocycles. The molecule has 1 amide bonds. The zero-order valence-corrected chi connectivity index (χ0v) is 7.67. The lowest BCUT2D eigenvalue weighted by molar-refractivity contribution is -0.202. The molecule has 2 fully saturated rings. The van der Waals surface area contributed by atoms with Gasteiger partial charge >= 0.3 is 0 Å². The van der Waals surface area contributed by atoms with Gasteiger partial charge in [-0.05, 0) is 6.42 Å². The molecule has 0 aromatic rings. The Labute approximate surface area is 72.7 Å². The second kappa shape index (κ2) is 2.46. The van der Waals surface area contributed by atoms with Crippen LogP contribution in [0, 0.1) is 5.92 Å². The summed E-state index contributed by atoms with van der Waals surface area (Å²) in [7, 11) is 0. The minimum absolute atomic E-state index is 0.126. The van der Waals surface area contributed by atoms with E-state index in [2.05, 4.69) is 0 Å². The van der Waals surface area contributed by atoms with Crippen molar-refractivity contribution < 1.29 is 9.53 Å². The number of amides is 1. The van der Waals surface area contributed by atoms with Crippen LogP contribution in [0.25, 0.3) is 0 Å². The van der Waals surface area contributed by atoms with Crippen LogP contribution in [-0.2, 0) is 9.53 Å². The number of ether oxygens (including phenoxy) is 1. The Balaban J connectivity index is 2.01. The van der Waals surface area contributed by atoms with E-state index in [0.29, 0.717) is 0 Å². The fraction of sp³-hybridized carbons (Fsp3) is 0.889. The summed E-state index contributed by atoms with van der Waals surface area (Å²) < 4.78 is 5.15. The molecule has 1 spiro atoms. The number of carbonyl (C=O) groups excluding carboxylic acids is 1. The van der Waals surface area contributed by atoms with E-state index in [4.69, 9.17) is 4.74 Å². The third-order valence-corrected chi connectivity index (χ3v) is 2.87. The molecule has 2 aliphatic rings. The van der Waals surface area contributed by atoms with Crippen molar-refractivity contribution in [2.24, 2.45) is 5.92 Å². The highest BCUT2D eigenvalue weighted by molar-refractivity contribution is 5.80. The first-order valence-electron chi connectivity index (χ1n) is 4.55. The van der Waals surface area contributed by atoms with Crippen LogP contribution in [-0.4, -0.2) is 36.1 Å². The summed E-state index contributed by atoms with van der Waals surface area (Å²) in [5, 5.41) is 0. The predicted octanol–water partition coefficient (Wildman–Crippen LogP) is 0.644. The van der Waals surface area contributed by atoms with Crippen LogP contribution in [0.15, 0.2) is 0 Å². The van der Waals surface area contributed by atoms with Gasteiger partial charge in [0.1, 0.15) is 0 Å². The quantitative estimate of drug-likeness (QED) is 0.576. The number of rotatable bonds is 1. The number of carbonyl (C=O) groups is 1. The number of likely N-dealkylation sites (tertiary alicyclic amines) is 1. The smallest absolute Gasteiger partial charge is 0.225 e. The molecule has 2 rings (SSSR count). The molecule has 0 aliphatic carbocycles. The average molecular weight is 169 g/mol. The largest absolute Gasteiger partial charge is 0.376 e. The molecule has 3 heteroatoms. The van der Waals surface area contributed by atoms with Gasteiger partial charge < -0.3 is 9.64 Å². The Kier molecular flexibility index (Phi) is 1.65. The van der Waals surface area contributed by atoms with Crippen LogP contribution in [0.1, 0.15) is 20.3 Å². The monoisotopic (exact) mass is 169 g/mol. The molecular formula is C9H15NO2.